The minimum absolute atomic E-state index is 0. The van der Waals surface area contributed by atoms with E-state index in [0.29, 0.717) is 0 Å². The molecule has 2 aromatic rings. The quantitative estimate of drug-likeness (QED) is 0.919. The molecule has 1 saturated heterocycles. The highest BCUT2D eigenvalue weighted by Gasteiger charge is 2.31. The number of benzene rings is 1. The number of hydrogen-bond acceptors (Lipinski definition) is 4. The number of halogens is 2. The zero-order valence-electron chi connectivity index (χ0n) is 10.8. The number of rotatable bonds is 2. The fraction of sp³-hybridized carbons (Fsp3) is 0.385. The Morgan fingerprint density at radius 1 is 1.40 bits per heavy atom. The first-order valence-electron chi connectivity index (χ1n) is 6.14. The Hall–Kier alpha value is -0.880. The van der Waals surface area contributed by atoms with Crippen molar-refractivity contribution in [1.29, 1.82) is 0 Å². The van der Waals surface area contributed by atoms with Gasteiger partial charge in [-0.05, 0) is 25.0 Å². The Morgan fingerprint density at radius 3 is 2.85 bits per heavy atom. The second-order valence-electron chi connectivity index (χ2n) is 4.47. The average Bonchev–Trinajstić information content (AvgIpc) is 3.03. The van der Waals surface area contributed by atoms with Crippen LogP contribution in [0.3, 0.4) is 0 Å². The van der Waals surface area contributed by atoms with Crippen molar-refractivity contribution in [2.24, 2.45) is 5.73 Å². The first kappa shape index (κ1) is 17.2. The van der Waals surface area contributed by atoms with Crippen LogP contribution in [0.2, 0.25) is 0 Å². The molecule has 7 heteroatoms. The highest BCUT2D eigenvalue weighted by Crippen LogP contribution is 2.36. The molecule has 1 aliphatic heterocycles. The molecule has 1 aliphatic rings. The van der Waals surface area contributed by atoms with E-state index in [0.717, 1.165) is 29.9 Å². The van der Waals surface area contributed by atoms with Crippen molar-refractivity contribution in [2.75, 3.05) is 13.1 Å². The predicted molar refractivity (Wildman–Crippen MR) is 86.9 cm³/mol. The van der Waals surface area contributed by atoms with E-state index >= 15 is 0 Å². The first-order chi connectivity index (χ1) is 8.79. The minimum Gasteiger partial charge on any atom is -0.332 e. The molecule has 0 radical (unpaired) electrons. The summed E-state index contributed by atoms with van der Waals surface area (Å²) >= 11 is 1.68. The van der Waals surface area contributed by atoms with Crippen LogP contribution in [0, 0.1) is 0 Å². The summed E-state index contributed by atoms with van der Waals surface area (Å²) in [5.74, 6) is 0.0248. The van der Waals surface area contributed by atoms with Gasteiger partial charge in [0, 0.05) is 6.54 Å². The molecule has 110 valence electrons. The summed E-state index contributed by atoms with van der Waals surface area (Å²) in [4.78, 5) is 18.3. The van der Waals surface area contributed by atoms with Gasteiger partial charge in [-0.1, -0.05) is 12.1 Å². The highest BCUT2D eigenvalue weighted by molar-refractivity contribution is 7.18. The normalized spacial score (nSPS) is 17.6. The van der Waals surface area contributed by atoms with Gasteiger partial charge in [-0.3, -0.25) is 4.79 Å². The third-order valence-electron chi connectivity index (χ3n) is 3.34. The van der Waals surface area contributed by atoms with Gasteiger partial charge in [-0.25, -0.2) is 4.98 Å². The number of carbonyl (C=O) groups excluding carboxylic acids is 1. The van der Waals surface area contributed by atoms with Crippen LogP contribution in [0.25, 0.3) is 10.2 Å². The van der Waals surface area contributed by atoms with Gasteiger partial charge in [0.15, 0.2) is 0 Å². The molecule has 1 aromatic heterocycles. The van der Waals surface area contributed by atoms with Crippen LogP contribution >= 0.6 is 36.2 Å². The van der Waals surface area contributed by atoms with Crippen molar-refractivity contribution in [3.8, 4) is 0 Å². The Morgan fingerprint density at radius 2 is 2.15 bits per heavy atom. The summed E-state index contributed by atoms with van der Waals surface area (Å²) in [5, 5.41) is 1.04. The Labute approximate surface area is 134 Å². The number of hydrogen-bond donors (Lipinski definition) is 1. The van der Waals surface area contributed by atoms with Crippen LogP contribution in [0.5, 0.6) is 0 Å². The summed E-state index contributed by atoms with van der Waals surface area (Å²) in [6.45, 7) is 0.887. The molecule has 3 rings (SSSR count). The van der Waals surface area contributed by atoms with E-state index in [-0.39, 0.29) is 43.3 Å². The molecule has 0 bridgehead atoms. The van der Waals surface area contributed by atoms with E-state index in [1.807, 2.05) is 23.1 Å². The van der Waals surface area contributed by atoms with Crippen LogP contribution in [0.15, 0.2) is 24.3 Å². The second kappa shape index (κ2) is 7.22. The molecule has 2 heterocycles. The van der Waals surface area contributed by atoms with Gasteiger partial charge < -0.3 is 10.6 Å². The molecule has 1 unspecified atom stereocenters. The van der Waals surface area contributed by atoms with E-state index in [9.17, 15) is 4.79 Å². The van der Waals surface area contributed by atoms with Crippen LogP contribution in [0.4, 0.5) is 0 Å². The molecular weight excluding hydrogens is 317 g/mol. The van der Waals surface area contributed by atoms with Gasteiger partial charge in [0.05, 0.1) is 22.8 Å². The molecule has 2 N–H and O–H groups in total. The maximum absolute atomic E-state index is 11.8. The zero-order valence-corrected chi connectivity index (χ0v) is 13.3. The monoisotopic (exact) mass is 333 g/mol. The third-order valence-corrected chi connectivity index (χ3v) is 4.48. The molecule has 0 saturated carbocycles. The summed E-state index contributed by atoms with van der Waals surface area (Å²) in [6.07, 6.45) is 2.03. The molecule has 1 aromatic carbocycles. The molecule has 1 fully saturated rings. The first-order valence-corrected chi connectivity index (χ1v) is 6.96. The Balaban J connectivity index is 0.000001000. The van der Waals surface area contributed by atoms with Crippen molar-refractivity contribution < 1.29 is 4.79 Å². The fourth-order valence-corrected chi connectivity index (χ4v) is 3.59. The molecular formula is C13H17Cl2N3OS. The van der Waals surface area contributed by atoms with E-state index < -0.39 is 0 Å². The van der Waals surface area contributed by atoms with Crippen LogP contribution in [-0.2, 0) is 4.79 Å². The lowest BCUT2D eigenvalue weighted by Crippen LogP contribution is -2.35. The number of likely N-dealkylation sites (tertiary alicyclic amines) is 1. The number of nitrogens with two attached hydrogens (primary N) is 1. The van der Waals surface area contributed by atoms with Crippen molar-refractivity contribution in [3.63, 3.8) is 0 Å². The van der Waals surface area contributed by atoms with Gasteiger partial charge in [-0.2, -0.15) is 0 Å². The van der Waals surface area contributed by atoms with Gasteiger partial charge in [-0.15, -0.1) is 36.2 Å². The number of thiazole rings is 1. The van der Waals surface area contributed by atoms with Crippen molar-refractivity contribution in [3.05, 3.63) is 29.3 Å². The topological polar surface area (TPSA) is 59.2 Å². The van der Waals surface area contributed by atoms with E-state index in [1.165, 1.54) is 4.70 Å². The van der Waals surface area contributed by atoms with Gasteiger partial charge in [0.1, 0.15) is 5.01 Å². The van der Waals surface area contributed by atoms with E-state index in [1.54, 1.807) is 11.3 Å². The number of fused-ring (bicyclic) bond motifs is 1. The van der Waals surface area contributed by atoms with Gasteiger partial charge in [0.25, 0.3) is 0 Å². The van der Waals surface area contributed by atoms with Gasteiger partial charge >= 0.3 is 0 Å². The van der Waals surface area contributed by atoms with Crippen LogP contribution < -0.4 is 5.73 Å². The summed E-state index contributed by atoms with van der Waals surface area (Å²) in [6, 6.07) is 8.21. The molecule has 0 aliphatic carbocycles. The van der Waals surface area contributed by atoms with Crippen molar-refractivity contribution >= 4 is 52.3 Å². The standard InChI is InChI=1S/C13H15N3OS.2ClH/c14-8-12(17)16-7-3-5-10(16)13-15-9-4-1-2-6-11(9)18-13;;/h1-2,4,6,10H,3,5,7-8,14H2;2*1H. The maximum Gasteiger partial charge on any atom is 0.236 e. The SMILES string of the molecule is Cl.Cl.NCC(=O)N1CCCC1c1nc2ccccc2s1. The minimum atomic E-state index is 0. The van der Waals surface area contributed by atoms with Crippen LogP contribution in [0.1, 0.15) is 23.9 Å². The molecule has 20 heavy (non-hydrogen) atoms. The average molecular weight is 334 g/mol. The summed E-state index contributed by atoms with van der Waals surface area (Å²) in [5.41, 5.74) is 6.48. The zero-order chi connectivity index (χ0) is 12.5. The number of nitrogens with zero attached hydrogens (tertiary/aromatic N) is 2. The summed E-state index contributed by atoms with van der Waals surface area (Å²) < 4.78 is 1.18. The summed E-state index contributed by atoms with van der Waals surface area (Å²) in [7, 11) is 0. The van der Waals surface area contributed by atoms with Crippen molar-refractivity contribution in [2.45, 2.75) is 18.9 Å². The Bertz CT molecular complexity index is 557. The van der Waals surface area contributed by atoms with Crippen LogP contribution in [-0.4, -0.2) is 28.9 Å². The second-order valence-corrected chi connectivity index (χ2v) is 5.53. The molecule has 1 amide bonds. The number of amides is 1. The van der Waals surface area contributed by atoms with Gasteiger partial charge in [0.2, 0.25) is 5.91 Å². The lowest BCUT2D eigenvalue weighted by molar-refractivity contribution is -0.130. The fourth-order valence-electron chi connectivity index (χ4n) is 2.47. The largest absolute Gasteiger partial charge is 0.332 e. The Kier molecular flexibility index (Phi) is 6.20. The molecule has 0 spiro atoms. The molecule has 1 atom stereocenters. The number of para-hydroxylation sites is 1. The lowest BCUT2D eigenvalue weighted by Gasteiger charge is -2.22. The number of aromatic nitrogens is 1. The van der Waals surface area contributed by atoms with E-state index in [2.05, 4.69) is 11.1 Å². The maximum atomic E-state index is 11.8. The molecule has 4 nitrogen and oxygen atoms in total. The predicted octanol–water partition coefficient (Wildman–Crippen LogP) is 2.76. The highest BCUT2D eigenvalue weighted by atomic mass is 35.5. The third kappa shape index (κ3) is 3.06. The smallest absolute Gasteiger partial charge is 0.236 e. The number of carbonyl (C=O) groups is 1. The van der Waals surface area contributed by atoms with Crippen molar-refractivity contribution in [1.82, 2.24) is 9.88 Å². The van der Waals surface area contributed by atoms with E-state index in [4.69, 9.17) is 5.73 Å². The lowest BCUT2D eigenvalue weighted by atomic mass is 10.2.